The van der Waals surface area contributed by atoms with Crippen LogP contribution < -0.4 is 0 Å². The summed E-state index contributed by atoms with van der Waals surface area (Å²) in [4.78, 5) is 1.78. The van der Waals surface area contributed by atoms with E-state index in [0.29, 0.717) is 18.4 Å². The Hall–Kier alpha value is -0.750. The second-order valence-electron chi connectivity index (χ2n) is 4.55. The highest BCUT2D eigenvalue weighted by Crippen LogP contribution is 2.28. The largest absolute Gasteiger partial charge is 0.303 e. The lowest BCUT2D eigenvalue weighted by Gasteiger charge is -2.26. The number of hydrogen-bond acceptors (Lipinski definition) is 2. The minimum absolute atomic E-state index is 0.391. The van der Waals surface area contributed by atoms with E-state index < -0.39 is 28.2 Å². The molecule has 1 nitrogen and oxygen atoms in total. The van der Waals surface area contributed by atoms with Crippen molar-refractivity contribution < 1.29 is 17.6 Å². The maximum Gasteiger partial charge on any atom is 0.195 e. The van der Waals surface area contributed by atoms with Gasteiger partial charge in [-0.25, -0.2) is 17.6 Å². The van der Waals surface area contributed by atoms with Gasteiger partial charge >= 0.3 is 0 Å². The standard InChI is InChI=1S/C13H15F4NS/c14-9-8-10(15)13(12(17)11(9)16)19-7-6-18-4-2-1-3-5-18/h8H,1-7H2. The summed E-state index contributed by atoms with van der Waals surface area (Å²) in [5, 5.41) is 0. The van der Waals surface area contributed by atoms with Crippen LogP contribution in [0.15, 0.2) is 11.0 Å². The molecule has 0 saturated carbocycles. The molecule has 0 radical (unpaired) electrons. The number of rotatable bonds is 4. The molecule has 1 aliphatic rings. The Bertz CT molecular complexity index is 447. The fraction of sp³-hybridized carbons (Fsp3) is 0.538. The maximum atomic E-state index is 13.4. The number of hydrogen-bond donors (Lipinski definition) is 0. The second-order valence-corrected chi connectivity index (χ2v) is 5.65. The van der Waals surface area contributed by atoms with E-state index in [1.54, 1.807) is 0 Å². The Morgan fingerprint density at radius 3 is 2.32 bits per heavy atom. The van der Waals surface area contributed by atoms with Crippen LogP contribution in [0.3, 0.4) is 0 Å². The molecular weight excluding hydrogens is 278 g/mol. The van der Waals surface area contributed by atoms with Crippen molar-refractivity contribution in [3.63, 3.8) is 0 Å². The van der Waals surface area contributed by atoms with Gasteiger partial charge in [0, 0.05) is 18.4 Å². The number of nitrogens with zero attached hydrogens (tertiary/aromatic N) is 1. The van der Waals surface area contributed by atoms with Crippen molar-refractivity contribution in [2.75, 3.05) is 25.4 Å². The molecule has 1 heterocycles. The third kappa shape index (κ3) is 3.63. The molecule has 19 heavy (non-hydrogen) atoms. The fourth-order valence-electron chi connectivity index (χ4n) is 2.14. The smallest absolute Gasteiger partial charge is 0.195 e. The predicted octanol–water partition coefficient (Wildman–Crippen LogP) is 3.82. The van der Waals surface area contributed by atoms with Crippen LogP contribution in [0.25, 0.3) is 0 Å². The third-order valence-electron chi connectivity index (χ3n) is 3.17. The molecule has 1 aromatic carbocycles. The number of benzene rings is 1. The molecule has 0 spiro atoms. The summed E-state index contributed by atoms with van der Waals surface area (Å²) in [7, 11) is 0. The Kier molecular flexibility index (Phi) is 5.10. The highest BCUT2D eigenvalue weighted by atomic mass is 32.2. The summed E-state index contributed by atoms with van der Waals surface area (Å²) in [6.45, 7) is 2.68. The monoisotopic (exact) mass is 293 g/mol. The summed E-state index contributed by atoms with van der Waals surface area (Å²) >= 11 is 0.892. The van der Waals surface area contributed by atoms with Gasteiger partial charge in [-0.3, -0.25) is 0 Å². The van der Waals surface area contributed by atoms with Gasteiger partial charge in [-0.15, -0.1) is 11.8 Å². The van der Waals surface area contributed by atoms with E-state index in [1.807, 2.05) is 0 Å². The lowest BCUT2D eigenvalue weighted by molar-refractivity contribution is 0.242. The summed E-state index contributed by atoms with van der Waals surface area (Å²) < 4.78 is 52.5. The van der Waals surface area contributed by atoms with Crippen LogP contribution in [0.4, 0.5) is 17.6 Å². The summed E-state index contributed by atoms with van der Waals surface area (Å²) in [6, 6.07) is 0.391. The van der Waals surface area contributed by atoms with Gasteiger partial charge in [-0.2, -0.15) is 0 Å². The van der Waals surface area contributed by atoms with Crippen LogP contribution in [0.1, 0.15) is 19.3 Å². The Morgan fingerprint density at radius 2 is 1.63 bits per heavy atom. The number of thioether (sulfide) groups is 1. The molecule has 1 aromatic rings. The molecule has 6 heteroatoms. The van der Waals surface area contributed by atoms with Crippen LogP contribution in [0.5, 0.6) is 0 Å². The number of piperidine rings is 1. The molecular formula is C13H15F4NS. The fourth-order valence-corrected chi connectivity index (χ4v) is 3.11. The topological polar surface area (TPSA) is 3.24 Å². The molecule has 1 aliphatic heterocycles. The summed E-state index contributed by atoms with van der Waals surface area (Å²) in [6.07, 6.45) is 3.49. The lowest BCUT2D eigenvalue weighted by Crippen LogP contribution is -2.31. The first kappa shape index (κ1) is 14.7. The zero-order valence-electron chi connectivity index (χ0n) is 10.4. The SMILES string of the molecule is Fc1cc(F)c(SCCN2CCCCC2)c(F)c1F. The van der Waals surface area contributed by atoms with E-state index in [0.717, 1.165) is 37.7 Å². The molecule has 106 valence electrons. The van der Waals surface area contributed by atoms with Crippen molar-refractivity contribution in [1.29, 1.82) is 0 Å². The van der Waals surface area contributed by atoms with Gasteiger partial charge in [0.1, 0.15) is 5.82 Å². The van der Waals surface area contributed by atoms with Crippen LogP contribution >= 0.6 is 11.8 Å². The average Bonchev–Trinajstić information content (AvgIpc) is 2.41. The average molecular weight is 293 g/mol. The quantitative estimate of drug-likeness (QED) is 0.359. The summed E-state index contributed by atoms with van der Waals surface area (Å²) in [5.41, 5.74) is 0. The van der Waals surface area contributed by atoms with Gasteiger partial charge in [-0.05, 0) is 25.9 Å². The third-order valence-corrected chi connectivity index (χ3v) is 4.22. The minimum atomic E-state index is -1.61. The van der Waals surface area contributed by atoms with Crippen LogP contribution in [0, 0.1) is 23.3 Å². The van der Waals surface area contributed by atoms with Crippen molar-refractivity contribution in [3.8, 4) is 0 Å². The molecule has 0 atom stereocenters. The molecule has 0 bridgehead atoms. The van der Waals surface area contributed by atoms with Crippen LogP contribution in [-0.2, 0) is 0 Å². The van der Waals surface area contributed by atoms with Crippen LogP contribution in [0.2, 0.25) is 0 Å². The predicted molar refractivity (Wildman–Crippen MR) is 67.3 cm³/mol. The Balaban J connectivity index is 1.94. The first-order valence-electron chi connectivity index (χ1n) is 6.27. The van der Waals surface area contributed by atoms with Gasteiger partial charge in [-0.1, -0.05) is 6.42 Å². The first-order chi connectivity index (χ1) is 9.09. The Morgan fingerprint density at radius 1 is 0.947 bits per heavy atom. The second kappa shape index (κ2) is 6.61. The van der Waals surface area contributed by atoms with Gasteiger partial charge in [0.25, 0.3) is 0 Å². The van der Waals surface area contributed by atoms with E-state index in [4.69, 9.17) is 0 Å². The molecule has 0 aliphatic carbocycles. The number of halogens is 4. The van der Waals surface area contributed by atoms with Gasteiger partial charge in [0.05, 0.1) is 4.90 Å². The Labute approximate surface area is 114 Å². The molecule has 1 saturated heterocycles. The van der Waals surface area contributed by atoms with E-state index in [2.05, 4.69) is 4.90 Å². The van der Waals surface area contributed by atoms with Gasteiger partial charge < -0.3 is 4.90 Å². The van der Waals surface area contributed by atoms with E-state index in [9.17, 15) is 17.6 Å². The van der Waals surface area contributed by atoms with Crippen molar-refractivity contribution in [1.82, 2.24) is 4.90 Å². The van der Waals surface area contributed by atoms with E-state index in [1.165, 1.54) is 6.42 Å². The zero-order valence-corrected chi connectivity index (χ0v) is 11.2. The van der Waals surface area contributed by atoms with E-state index in [-0.39, 0.29) is 0 Å². The van der Waals surface area contributed by atoms with Crippen molar-refractivity contribution in [2.45, 2.75) is 24.2 Å². The van der Waals surface area contributed by atoms with Gasteiger partial charge in [0.2, 0.25) is 0 Å². The van der Waals surface area contributed by atoms with Crippen LogP contribution in [-0.4, -0.2) is 30.3 Å². The molecule has 1 fully saturated rings. The lowest BCUT2D eigenvalue weighted by atomic mass is 10.1. The molecule has 2 rings (SSSR count). The van der Waals surface area contributed by atoms with Gasteiger partial charge in [0.15, 0.2) is 17.5 Å². The van der Waals surface area contributed by atoms with E-state index >= 15 is 0 Å². The zero-order chi connectivity index (χ0) is 13.8. The summed E-state index contributed by atoms with van der Waals surface area (Å²) in [5.74, 6) is -5.11. The van der Waals surface area contributed by atoms with Crippen molar-refractivity contribution in [2.24, 2.45) is 0 Å². The maximum absolute atomic E-state index is 13.4. The number of likely N-dealkylation sites (tertiary alicyclic amines) is 1. The first-order valence-corrected chi connectivity index (χ1v) is 7.26. The molecule has 0 amide bonds. The molecule has 0 unspecified atom stereocenters. The highest BCUT2D eigenvalue weighted by molar-refractivity contribution is 7.99. The minimum Gasteiger partial charge on any atom is -0.303 e. The molecule has 0 N–H and O–H groups in total. The van der Waals surface area contributed by atoms with Crippen molar-refractivity contribution >= 4 is 11.8 Å². The highest BCUT2D eigenvalue weighted by Gasteiger charge is 2.19. The normalized spacial score (nSPS) is 16.8. The van der Waals surface area contributed by atoms with Crippen molar-refractivity contribution in [3.05, 3.63) is 29.3 Å². The molecule has 0 aromatic heterocycles.